The van der Waals surface area contributed by atoms with Gasteiger partial charge in [-0.2, -0.15) is 13.2 Å². The average Bonchev–Trinajstić information content (AvgIpc) is 2.56. The Bertz CT molecular complexity index is 795. The molecule has 26 heavy (non-hydrogen) atoms. The third kappa shape index (κ3) is 5.23. The standard InChI is InChI=1S/C18H16ClF3N2O2/c1-12(25)24(14-5-3-2-4-6-14)10-9-17(26)23-16-11-13(18(20,21)22)7-8-15(16)19/h2-8,11H,9-10H2,1H3,(H,23,26). The van der Waals surface area contributed by atoms with Crippen LogP contribution in [0.3, 0.4) is 0 Å². The zero-order valence-electron chi connectivity index (χ0n) is 13.8. The summed E-state index contributed by atoms with van der Waals surface area (Å²) in [5, 5.41) is 2.36. The van der Waals surface area contributed by atoms with Gasteiger partial charge in [-0.05, 0) is 30.3 Å². The molecule has 2 amide bonds. The van der Waals surface area contributed by atoms with Crippen LogP contribution in [0.2, 0.25) is 5.02 Å². The van der Waals surface area contributed by atoms with Crippen molar-refractivity contribution < 1.29 is 22.8 Å². The molecule has 0 aliphatic heterocycles. The average molecular weight is 385 g/mol. The molecule has 2 aromatic rings. The minimum atomic E-state index is -4.54. The van der Waals surface area contributed by atoms with Crippen LogP contribution in [-0.4, -0.2) is 18.4 Å². The second-order valence-electron chi connectivity index (χ2n) is 5.50. The maximum absolute atomic E-state index is 12.8. The van der Waals surface area contributed by atoms with E-state index < -0.39 is 17.6 Å². The number of amides is 2. The number of anilines is 2. The Morgan fingerprint density at radius 2 is 1.77 bits per heavy atom. The van der Waals surface area contributed by atoms with Crippen molar-refractivity contribution in [3.8, 4) is 0 Å². The first kappa shape index (κ1) is 19.8. The molecule has 0 spiro atoms. The second kappa shape index (κ2) is 8.23. The number of nitrogens with zero attached hydrogens (tertiary/aromatic N) is 1. The van der Waals surface area contributed by atoms with E-state index in [0.29, 0.717) is 5.69 Å². The number of rotatable bonds is 5. The number of para-hydroxylation sites is 1. The summed E-state index contributed by atoms with van der Waals surface area (Å²) in [5.41, 5.74) is -0.405. The molecule has 0 aliphatic carbocycles. The molecule has 138 valence electrons. The van der Waals surface area contributed by atoms with Crippen LogP contribution in [0.15, 0.2) is 48.5 Å². The lowest BCUT2D eigenvalue weighted by molar-refractivity contribution is -0.137. The fourth-order valence-electron chi connectivity index (χ4n) is 2.30. The van der Waals surface area contributed by atoms with E-state index in [1.807, 2.05) is 0 Å². The van der Waals surface area contributed by atoms with Crippen LogP contribution in [0.1, 0.15) is 18.9 Å². The van der Waals surface area contributed by atoms with Gasteiger partial charge in [0.05, 0.1) is 16.3 Å². The molecule has 0 saturated carbocycles. The highest BCUT2D eigenvalue weighted by Crippen LogP contribution is 2.33. The quantitative estimate of drug-likeness (QED) is 0.809. The highest BCUT2D eigenvalue weighted by atomic mass is 35.5. The van der Waals surface area contributed by atoms with Gasteiger partial charge in [-0.3, -0.25) is 9.59 Å². The number of hydrogen-bond acceptors (Lipinski definition) is 2. The smallest absolute Gasteiger partial charge is 0.325 e. The van der Waals surface area contributed by atoms with Crippen molar-refractivity contribution in [2.24, 2.45) is 0 Å². The van der Waals surface area contributed by atoms with Crippen LogP contribution in [0.4, 0.5) is 24.5 Å². The molecule has 0 aliphatic rings. The zero-order chi connectivity index (χ0) is 19.3. The molecule has 0 bridgehead atoms. The molecule has 8 heteroatoms. The van der Waals surface area contributed by atoms with Crippen LogP contribution in [0.5, 0.6) is 0 Å². The summed E-state index contributed by atoms with van der Waals surface area (Å²) in [6.07, 6.45) is -4.64. The Balaban J connectivity index is 2.06. The van der Waals surface area contributed by atoms with Gasteiger partial charge in [0.1, 0.15) is 0 Å². The lowest BCUT2D eigenvalue weighted by atomic mass is 10.2. The predicted molar refractivity (Wildman–Crippen MR) is 94.2 cm³/mol. The van der Waals surface area contributed by atoms with E-state index in [-0.39, 0.29) is 29.6 Å². The van der Waals surface area contributed by atoms with Gasteiger partial charge in [-0.1, -0.05) is 29.8 Å². The number of hydrogen-bond donors (Lipinski definition) is 1. The van der Waals surface area contributed by atoms with Gasteiger partial charge in [0.15, 0.2) is 0 Å². The first-order chi connectivity index (χ1) is 12.2. The second-order valence-corrected chi connectivity index (χ2v) is 5.90. The van der Waals surface area contributed by atoms with E-state index in [1.165, 1.54) is 11.8 Å². The van der Waals surface area contributed by atoms with Gasteiger partial charge in [0, 0.05) is 25.6 Å². The summed E-state index contributed by atoms with van der Waals surface area (Å²) in [4.78, 5) is 25.3. The van der Waals surface area contributed by atoms with Crippen LogP contribution in [-0.2, 0) is 15.8 Å². The number of carbonyl (C=O) groups excluding carboxylic acids is 2. The maximum atomic E-state index is 12.8. The Hall–Kier alpha value is -2.54. The van der Waals surface area contributed by atoms with E-state index in [9.17, 15) is 22.8 Å². The van der Waals surface area contributed by atoms with Crippen molar-refractivity contribution in [1.82, 2.24) is 0 Å². The maximum Gasteiger partial charge on any atom is 0.416 e. The Kier molecular flexibility index (Phi) is 6.26. The topological polar surface area (TPSA) is 49.4 Å². The number of alkyl halides is 3. The molecule has 0 unspecified atom stereocenters. The van der Waals surface area contributed by atoms with Gasteiger partial charge in [-0.15, -0.1) is 0 Å². The van der Waals surface area contributed by atoms with E-state index in [1.54, 1.807) is 30.3 Å². The summed E-state index contributed by atoms with van der Waals surface area (Å²) >= 11 is 5.85. The summed E-state index contributed by atoms with van der Waals surface area (Å²) in [7, 11) is 0. The van der Waals surface area contributed by atoms with Crippen molar-refractivity contribution >= 4 is 34.8 Å². The number of halogens is 4. The van der Waals surface area contributed by atoms with Crippen LogP contribution in [0, 0.1) is 0 Å². The number of carbonyl (C=O) groups is 2. The molecular weight excluding hydrogens is 369 g/mol. The highest BCUT2D eigenvalue weighted by Gasteiger charge is 2.31. The molecule has 0 saturated heterocycles. The van der Waals surface area contributed by atoms with Crippen LogP contribution >= 0.6 is 11.6 Å². The molecule has 4 nitrogen and oxygen atoms in total. The highest BCUT2D eigenvalue weighted by molar-refractivity contribution is 6.33. The first-order valence-electron chi connectivity index (χ1n) is 7.68. The number of nitrogens with one attached hydrogen (secondary N) is 1. The SMILES string of the molecule is CC(=O)N(CCC(=O)Nc1cc(C(F)(F)F)ccc1Cl)c1ccccc1. The van der Waals surface area contributed by atoms with Crippen molar-refractivity contribution in [1.29, 1.82) is 0 Å². The number of benzene rings is 2. The molecule has 0 heterocycles. The van der Waals surface area contributed by atoms with Crippen molar-refractivity contribution in [2.45, 2.75) is 19.5 Å². The van der Waals surface area contributed by atoms with Crippen molar-refractivity contribution in [3.05, 3.63) is 59.1 Å². The van der Waals surface area contributed by atoms with Crippen molar-refractivity contribution in [3.63, 3.8) is 0 Å². The lowest BCUT2D eigenvalue weighted by Gasteiger charge is -2.21. The van der Waals surface area contributed by atoms with Gasteiger partial charge in [0.2, 0.25) is 11.8 Å². The molecule has 1 N–H and O–H groups in total. The van der Waals surface area contributed by atoms with E-state index in [2.05, 4.69) is 5.32 Å². The summed E-state index contributed by atoms with van der Waals surface area (Å²) in [6.45, 7) is 1.45. The molecule has 0 atom stereocenters. The summed E-state index contributed by atoms with van der Waals surface area (Å²) < 4.78 is 38.3. The Morgan fingerprint density at radius 1 is 1.12 bits per heavy atom. The van der Waals surface area contributed by atoms with Gasteiger partial charge >= 0.3 is 6.18 Å². The van der Waals surface area contributed by atoms with Crippen molar-refractivity contribution in [2.75, 3.05) is 16.8 Å². The zero-order valence-corrected chi connectivity index (χ0v) is 14.6. The molecule has 0 aromatic heterocycles. The summed E-state index contributed by atoms with van der Waals surface area (Å²) in [5.74, 6) is -0.797. The normalized spacial score (nSPS) is 11.1. The van der Waals surface area contributed by atoms with E-state index in [0.717, 1.165) is 18.2 Å². The Morgan fingerprint density at radius 3 is 2.35 bits per heavy atom. The molecule has 2 aromatic carbocycles. The third-order valence-electron chi connectivity index (χ3n) is 3.58. The Labute approximate surface area is 153 Å². The molecular formula is C18H16ClF3N2O2. The van der Waals surface area contributed by atoms with Gasteiger partial charge in [-0.25, -0.2) is 0 Å². The molecule has 2 rings (SSSR count). The minimum Gasteiger partial charge on any atom is -0.325 e. The fraction of sp³-hybridized carbons (Fsp3) is 0.222. The summed E-state index contributed by atoms with van der Waals surface area (Å²) in [6, 6.07) is 11.5. The van der Waals surface area contributed by atoms with E-state index in [4.69, 9.17) is 11.6 Å². The van der Waals surface area contributed by atoms with E-state index >= 15 is 0 Å². The minimum absolute atomic E-state index is 0.00201. The third-order valence-corrected chi connectivity index (χ3v) is 3.91. The predicted octanol–water partition coefficient (Wildman–Crippen LogP) is 4.74. The van der Waals surface area contributed by atoms with Crippen LogP contribution in [0.25, 0.3) is 0 Å². The largest absolute Gasteiger partial charge is 0.416 e. The lowest BCUT2D eigenvalue weighted by Crippen LogP contribution is -2.31. The van der Waals surface area contributed by atoms with Crippen LogP contribution < -0.4 is 10.2 Å². The van der Waals surface area contributed by atoms with Gasteiger partial charge < -0.3 is 10.2 Å². The fourth-order valence-corrected chi connectivity index (χ4v) is 2.46. The first-order valence-corrected chi connectivity index (χ1v) is 8.06. The molecule has 0 radical (unpaired) electrons. The molecule has 0 fully saturated rings. The monoisotopic (exact) mass is 384 g/mol. The van der Waals surface area contributed by atoms with Gasteiger partial charge in [0.25, 0.3) is 0 Å².